The Balaban J connectivity index is 1.26. The molecule has 8 nitrogen and oxygen atoms in total. The van der Waals surface area contributed by atoms with Gasteiger partial charge in [-0.1, -0.05) is 84.6 Å². The van der Waals surface area contributed by atoms with Crippen LogP contribution in [0.2, 0.25) is 5.02 Å². The van der Waals surface area contributed by atoms with E-state index >= 15 is 0 Å². The standard InChI is InChI=1S/C33H34ClN3O5S/c1-23-10-9-13-26(18-23)30-22-37-32(28(35-30)20-24-11-5-4-6-12-24)36-29(33(37)38)21-25-14-15-31(27(34)19-25)42-16-7-2-3-8-17-43(39,40)41/h4-6,9-15,18-19,22,29H,2-3,7-8,16-17,20-21H2,1H3,(H,39,40,41). The van der Waals surface area contributed by atoms with E-state index in [1.54, 1.807) is 23.2 Å². The molecular formula is C33H34ClN3O5S. The fourth-order valence-electron chi connectivity index (χ4n) is 5.13. The Morgan fingerprint density at radius 3 is 2.49 bits per heavy atom. The summed E-state index contributed by atoms with van der Waals surface area (Å²) in [4.78, 5) is 25.1. The molecule has 0 aliphatic carbocycles. The number of nitrogens with zero attached hydrogens (tertiary/aromatic N) is 3. The number of hydrogen-bond donors (Lipinski definition) is 1. The van der Waals surface area contributed by atoms with Crippen molar-refractivity contribution in [3.8, 4) is 5.75 Å². The number of aliphatic imine (C=N–C) groups is 2. The quantitative estimate of drug-likeness (QED) is 0.178. The number of halogens is 1. The van der Waals surface area contributed by atoms with Crippen molar-refractivity contribution < 1.29 is 22.5 Å². The van der Waals surface area contributed by atoms with Crippen LogP contribution < -0.4 is 4.74 Å². The molecule has 0 spiro atoms. The van der Waals surface area contributed by atoms with Gasteiger partial charge in [-0.2, -0.15) is 8.42 Å². The van der Waals surface area contributed by atoms with E-state index in [-0.39, 0.29) is 11.7 Å². The maximum atomic E-state index is 13.6. The Bertz CT molecular complexity index is 1690. The van der Waals surface area contributed by atoms with Crippen LogP contribution >= 0.6 is 11.6 Å². The Labute approximate surface area is 257 Å². The Hall–Kier alpha value is -3.79. The van der Waals surface area contributed by atoms with Crippen molar-refractivity contribution >= 4 is 44.9 Å². The summed E-state index contributed by atoms with van der Waals surface area (Å²) < 4.78 is 36.2. The van der Waals surface area contributed by atoms with Crippen LogP contribution in [-0.4, -0.2) is 53.7 Å². The second-order valence-corrected chi connectivity index (χ2v) is 12.8. The van der Waals surface area contributed by atoms with Crippen molar-refractivity contribution in [1.29, 1.82) is 0 Å². The van der Waals surface area contributed by atoms with Gasteiger partial charge in [-0.15, -0.1) is 0 Å². The summed E-state index contributed by atoms with van der Waals surface area (Å²) in [6.45, 7) is 2.47. The monoisotopic (exact) mass is 619 g/mol. The summed E-state index contributed by atoms with van der Waals surface area (Å²) >= 11 is 6.52. The summed E-state index contributed by atoms with van der Waals surface area (Å²) in [6, 6.07) is 23.0. The number of amides is 1. The van der Waals surface area contributed by atoms with Crippen LogP contribution in [0.15, 0.2) is 89.0 Å². The Morgan fingerprint density at radius 2 is 1.74 bits per heavy atom. The molecule has 0 aromatic heterocycles. The van der Waals surface area contributed by atoms with Crippen LogP contribution in [0, 0.1) is 6.92 Å². The summed E-state index contributed by atoms with van der Waals surface area (Å²) in [7, 11) is -3.91. The van der Waals surface area contributed by atoms with Gasteiger partial charge in [0, 0.05) is 24.6 Å². The lowest BCUT2D eigenvalue weighted by Crippen LogP contribution is -2.38. The first-order valence-electron chi connectivity index (χ1n) is 14.3. The molecule has 2 heterocycles. The third kappa shape index (κ3) is 8.19. The predicted molar refractivity (Wildman–Crippen MR) is 170 cm³/mol. The zero-order valence-corrected chi connectivity index (χ0v) is 25.5. The number of benzene rings is 3. The third-order valence-electron chi connectivity index (χ3n) is 7.30. The number of carbonyl (C=O) groups excluding carboxylic acids is 1. The molecule has 0 saturated carbocycles. The first-order chi connectivity index (χ1) is 20.7. The fourth-order valence-corrected chi connectivity index (χ4v) is 5.96. The zero-order chi connectivity index (χ0) is 30.4. The molecule has 0 radical (unpaired) electrons. The van der Waals surface area contributed by atoms with Gasteiger partial charge >= 0.3 is 0 Å². The molecule has 1 N–H and O–H groups in total. The van der Waals surface area contributed by atoms with E-state index < -0.39 is 16.2 Å². The molecular weight excluding hydrogens is 586 g/mol. The van der Waals surface area contributed by atoms with Gasteiger partial charge in [0.25, 0.3) is 16.0 Å². The average molecular weight is 620 g/mol. The molecule has 43 heavy (non-hydrogen) atoms. The summed E-state index contributed by atoms with van der Waals surface area (Å²) in [5.74, 6) is 0.802. The van der Waals surface area contributed by atoms with Crippen LogP contribution in [0.4, 0.5) is 0 Å². The van der Waals surface area contributed by atoms with Crippen LogP contribution in [0.5, 0.6) is 5.75 Å². The molecule has 3 aromatic carbocycles. The highest BCUT2D eigenvalue weighted by atomic mass is 35.5. The maximum Gasteiger partial charge on any atom is 0.264 e. The van der Waals surface area contributed by atoms with Crippen LogP contribution in [0.25, 0.3) is 5.70 Å². The van der Waals surface area contributed by atoms with E-state index in [4.69, 9.17) is 30.9 Å². The number of fused-ring (bicyclic) bond motifs is 1. The topological polar surface area (TPSA) is 109 Å². The second kappa shape index (κ2) is 13.7. The average Bonchev–Trinajstić information content (AvgIpc) is 3.28. The zero-order valence-electron chi connectivity index (χ0n) is 23.9. The summed E-state index contributed by atoms with van der Waals surface area (Å²) in [6.07, 6.45) is 5.34. The van der Waals surface area contributed by atoms with Crippen molar-refractivity contribution in [1.82, 2.24) is 4.90 Å². The lowest BCUT2D eigenvalue weighted by molar-refractivity contribution is -0.125. The SMILES string of the molecule is Cc1cccc(C2=CN3C(=O)C(Cc4ccc(OCCCCCCS(=O)(=O)O)c(Cl)c4)N=C3C(Cc3ccccc3)=N2)c1. The molecule has 1 amide bonds. The molecule has 1 unspecified atom stereocenters. The highest BCUT2D eigenvalue weighted by Crippen LogP contribution is 2.30. The highest BCUT2D eigenvalue weighted by molar-refractivity contribution is 7.85. The van der Waals surface area contributed by atoms with Crippen molar-refractivity contribution in [2.45, 2.75) is 51.5 Å². The molecule has 0 bridgehead atoms. The molecule has 1 atom stereocenters. The first kappa shape index (κ1) is 30.7. The van der Waals surface area contributed by atoms with Crippen molar-refractivity contribution in [3.63, 3.8) is 0 Å². The molecule has 3 aromatic rings. The van der Waals surface area contributed by atoms with Crippen molar-refractivity contribution in [3.05, 3.63) is 106 Å². The predicted octanol–water partition coefficient (Wildman–Crippen LogP) is 6.32. The first-order valence-corrected chi connectivity index (χ1v) is 16.3. The lowest BCUT2D eigenvalue weighted by atomic mass is 10.0. The number of carbonyl (C=O) groups is 1. The van der Waals surface area contributed by atoms with E-state index in [9.17, 15) is 13.2 Å². The number of unbranched alkanes of at least 4 members (excludes halogenated alkanes) is 3. The molecule has 2 aliphatic heterocycles. The molecule has 0 saturated heterocycles. The number of ether oxygens (including phenoxy) is 1. The molecule has 10 heteroatoms. The minimum absolute atomic E-state index is 0.105. The number of rotatable bonds is 13. The van der Waals surface area contributed by atoms with Gasteiger partial charge in [0.2, 0.25) is 0 Å². The normalized spacial score (nSPS) is 16.4. The number of aryl methyl sites for hydroxylation is 1. The minimum atomic E-state index is -3.91. The van der Waals surface area contributed by atoms with Gasteiger partial charge < -0.3 is 4.74 Å². The van der Waals surface area contributed by atoms with E-state index in [2.05, 4.69) is 6.07 Å². The lowest BCUT2D eigenvalue weighted by Gasteiger charge is -2.22. The number of amidine groups is 1. The van der Waals surface area contributed by atoms with Gasteiger partial charge in [0.1, 0.15) is 11.8 Å². The van der Waals surface area contributed by atoms with Gasteiger partial charge in [-0.05, 0) is 49.1 Å². The molecule has 0 fully saturated rings. The van der Waals surface area contributed by atoms with Crippen LogP contribution in [0.3, 0.4) is 0 Å². The largest absolute Gasteiger partial charge is 0.492 e. The van der Waals surface area contributed by atoms with Crippen LogP contribution in [-0.2, 0) is 27.8 Å². The molecule has 2 aliphatic rings. The van der Waals surface area contributed by atoms with Crippen molar-refractivity contribution in [2.75, 3.05) is 12.4 Å². The highest BCUT2D eigenvalue weighted by Gasteiger charge is 2.38. The van der Waals surface area contributed by atoms with Gasteiger partial charge in [-0.25, -0.2) is 4.99 Å². The number of hydrogen-bond acceptors (Lipinski definition) is 6. The minimum Gasteiger partial charge on any atom is -0.492 e. The van der Waals surface area contributed by atoms with E-state index in [0.29, 0.717) is 48.9 Å². The van der Waals surface area contributed by atoms with Gasteiger partial charge in [0.05, 0.1) is 28.8 Å². The molecule has 5 rings (SSSR count). The van der Waals surface area contributed by atoms with Gasteiger partial charge in [-0.3, -0.25) is 19.2 Å². The molecule has 224 valence electrons. The van der Waals surface area contributed by atoms with Crippen molar-refractivity contribution in [2.24, 2.45) is 9.98 Å². The Morgan fingerprint density at radius 1 is 0.953 bits per heavy atom. The van der Waals surface area contributed by atoms with E-state index in [0.717, 1.165) is 46.5 Å². The second-order valence-electron chi connectivity index (χ2n) is 10.8. The summed E-state index contributed by atoms with van der Waals surface area (Å²) in [5.41, 5.74) is 5.50. The van der Waals surface area contributed by atoms with Crippen LogP contribution in [0.1, 0.15) is 47.9 Å². The summed E-state index contributed by atoms with van der Waals surface area (Å²) in [5, 5.41) is 0.452. The third-order valence-corrected chi connectivity index (χ3v) is 8.40. The van der Waals surface area contributed by atoms with E-state index in [1.807, 2.05) is 61.5 Å². The smallest absolute Gasteiger partial charge is 0.264 e. The maximum absolute atomic E-state index is 13.6. The van der Waals surface area contributed by atoms with Gasteiger partial charge in [0.15, 0.2) is 5.84 Å². The fraction of sp³-hybridized carbons (Fsp3) is 0.303. The Kier molecular flexibility index (Phi) is 9.75. The van der Waals surface area contributed by atoms with E-state index in [1.165, 1.54) is 0 Å².